The topological polar surface area (TPSA) is 35.0 Å². The predicted octanol–water partition coefficient (Wildman–Crippen LogP) is 11.1. The third-order valence-corrected chi connectivity index (χ3v) is 9.54. The Labute approximate surface area is 266 Å². The second-order valence-corrected chi connectivity index (χ2v) is 12.1. The summed E-state index contributed by atoms with van der Waals surface area (Å²) < 4.78 is 6.79. The van der Waals surface area contributed by atoms with E-state index in [0.29, 0.717) is 5.82 Å². The van der Waals surface area contributed by atoms with Crippen LogP contribution in [0.5, 0.6) is 11.5 Å². The molecule has 0 atom stereocenters. The molecule has 0 unspecified atom stereocenters. The van der Waals surface area contributed by atoms with Crippen molar-refractivity contribution in [3.05, 3.63) is 157 Å². The Morgan fingerprint density at radius 2 is 1.15 bits per heavy atom. The molecule has 10 rings (SSSR count). The molecular formula is C43H26N2O. The van der Waals surface area contributed by atoms with Gasteiger partial charge in [0.2, 0.25) is 0 Å². The van der Waals surface area contributed by atoms with Gasteiger partial charge in [0.25, 0.3) is 0 Å². The molecule has 2 aliphatic rings. The first-order valence-corrected chi connectivity index (χ1v) is 15.7. The van der Waals surface area contributed by atoms with Crippen LogP contribution in [0.15, 0.2) is 146 Å². The van der Waals surface area contributed by atoms with Crippen LogP contribution in [0.3, 0.4) is 0 Å². The van der Waals surface area contributed by atoms with E-state index in [4.69, 9.17) is 14.7 Å². The van der Waals surface area contributed by atoms with Crippen LogP contribution in [-0.4, -0.2) is 9.97 Å². The van der Waals surface area contributed by atoms with Crippen LogP contribution in [0.1, 0.15) is 11.1 Å². The molecule has 2 heterocycles. The fraction of sp³-hybridized carbons (Fsp3) is 0.0233. The fourth-order valence-corrected chi connectivity index (χ4v) is 7.37. The molecule has 1 aromatic heterocycles. The highest BCUT2D eigenvalue weighted by Crippen LogP contribution is 2.53. The van der Waals surface area contributed by atoms with Gasteiger partial charge >= 0.3 is 0 Å². The van der Waals surface area contributed by atoms with Crippen LogP contribution >= 0.6 is 0 Å². The van der Waals surface area contributed by atoms with E-state index in [1.165, 1.54) is 38.8 Å². The predicted molar refractivity (Wildman–Crippen MR) is 187 cm³/mol. The second kappa shape index (κ2) is 9.72. The van der Waals surface area contributed by atoms with Gasteiger partial charge in [0, 0.05) is 45.0 Å². The summed E-state index contributed by atoms with van der Waals surface area (Å²) in [5, 5.41) is 3.34. The summed E-state index contributed by atoms with van der Waals surface area (Å²) in [6.07, 6.45) is 0.847. The van der Waals surface area contributed by atoms with Gasteiger partial charge in [-0.2, -0.15) is 0 Å². The van der Waals surface area contributed by atoms with Gasteiger partial charge in [0.15, 0.2) is 5.82 Å². The van der Waals surface area contributed by atoms with Crippen molar-refractivity contribution in [1.29, 1.82) is 0 Å². The average molecular weight is 587 g/mol. The number of aromatic nitrogens is 2. The van der Waals surface area contributed by atoms with Crippen molar-refractivity contribution in [3.8, 4) is 67.5 Å². The van der Waals surface area contributed by atoms with Crippen LogP contribution < -0.4 is 4.74 Å². The Hall–Kier alpha value is -6.06. The molecule has 214 valence electrons. The summed E-state index contributed by atoms with van der Waals surface area (Å²) in [7, 11) is 0. The van der Waals surface area contributed by atoms with Gasteiger partial charge in [-0.25, -0.2) is 9.97 Å². The summed E-state index contributed by atoms with van der Waals surface area (Å²) in [6, 6.07) is 51.4. The quantitative estimate of drug-likeness (QED) is 0.193. The van der Waals surface area contributed by atoms with Crippen molar-refractivity contribution in [2.45, 2.75) is 6.42 Å². The second-order valence-electron chi connectivity index (χ2n) is 12.1. The van der Waals surface area contributed by atoms with Crippen molar-refractivity contribution in [1.82, 2.24) is 9.97 Å². The van der Waals surface area contributed by atoms with E-state index in [1.807, 2.05) is 6.07 Å². The summed E-state index contributed by atoms with van der Waals surface area (Å²) in [6.45, 7) is 0. The highest BCUT2D eigenvalue weighted by atomic mass is 16.5. The number of hydrogen-bond acceptors (Lipinski definition) is 3. The summed E-state index contributed by atoms with van der Waals surface area (Å²) in [5.74, 6) is 2.58. The van der Waals surface area contributed by atoms with Crippen LogP contribution in [0, 0.1) is 0 Å². The summed E-state index contributed by atoms with van der Waals surface area (Å²) in [4.78, 5) is 10.4. The normalized spacial score (nSPS) is 12.4. The van der Waals surface area contributed by atoms with Gasteiger partial charge in [-0.1, -0.05) is 121 Å². The standard InChI is InChI=1S/C43H26N2O/c1-2-11-27(12-3-1)40-36-21-20-26-10-4-5-15-30(26)41(36)45-43(44-40)29-14-8-13-28(24-29)31-22-23-35-33-17-7-6-16-32(33)34-18-9-19-39-37(34)25-38(35)42(31)46-39/h1-24H,25H2. The molecule has 1 aliphatic heterocycles. The van der Waals surface area contributed by atoms with E-state index < -0.39 is 0 Å². The molecule has 0 spiro atoms. The molecule has 0 saturated heterocycles. The lowest BCUT2D eigenvalue weighted by Crippen LogP contribution is -2.05. The molecule has 8 aromatic rings. The SMILES string of the molecule is c1ccc(-c2nc(-c3cccc(-c4ccc5c6c4Oc4cccc(c4C6)-c4ccccc4-5)c3)nc3c2ccc2ccccc23)cc1. The Balaban J connectivity index is 1.18. The van der Waals surface area contributed by atoms with Crippen LogP contribution in [0.25, 0.3) is 77.7 Å². The van der Waals surface area contributed by atoms with Crippen LogP contribution in [0.4, 0.5) is 0 Å². The highest BCUT2D eigenvalue weighted by Gasteiger charge is 2.30. The molecule has 0 amide bonds. The maximum absolute atomic E-state index is 6.79. The maximum Gasteiger partial charge on any atom is 0.160 e. The number of ether oxygens (including phenoxy) is 1. The number of nitrogens with zero attached hydrogens (tertiary/aromatic N) is 2. The van der Waals surface area contributed by atoms with Gasteiger partial charge in [0.1, 0.15) is 11.5 Å². The van der Waals surface area contributed by atoms with E-state index in [0.717, 1.165) is 62.2 Å². The van der Waals surface area contributed by atoms with Gasteiger partial charge in [0.05, 0.1) is 11.2 Å². The van der Waals surface area contributed by atoms with Crippen LogP contribution in [-0.2, 0) is 6.42 Å². The lowest BCUT2D eigenvalue weighted by Gasteiger charge is -2.24. The van der Waals surface area contributed by atoms with E-state index in [2.05, 4.69) is 140 Å². The molecule has 2 bridgehead atoms. The van der Waals surface area contributed by atoms with Gasteiger partial charge in [-0.05, 0) is 57.5 Å². The lowest BCUT2D eigenvalue weighted by molar-refractivity contribution is 0.463. The zero-order chi connectivity index (χ0) is 30.2. The third-order valence-electron chi connectivity index (χ3n) is 9.54. The molecule has 0 fully saturated rings. The fourth-order valence-electron chi connectivity index (χ4n) is 7.37. The van der Waals surface area contributed by atoms with E-state index >= 15 is 0 Å². The minimum absolute atomic E-state index is 0.706. The first kappa shape index (κ1) is 25.3. The minimum atomic E-state index is 0.706. The van der Waals surface area contributed by atoms with E-state index in [9.17, 15) is 0 Å². The van der Waals surface area contributed by atoms with Crippen LogP contribution in [0.2, 0.25) is 0 Å². The summed E-state index contributed by atoms with van der Waals surface area (Å²) in [5.41, 5.74) is 13.6. The lowest BCUT2D eigenvalue weighted by atomic mass is 9.90. The number of rotatable bonds is 3. The maximum atomic E-state index is 6.79. The number of fused-ring (bicyclic) bond motifs is 6. The summed E-state index contributed by atoms with van der Waals surface area (Å²) >= 11 is 0. The molecule has 0 radical (unpaired) electrons. The number of benzene rings is 7. The molecule has 1 aliphatic carbocycles. The van der Waals surface area contributed by atoms with Crippen molar-refractivity contribution < 1.29 is 4.74 Å². The molecule has 0 N–H and O–H groups in total. The zero-order valence-corrected chi connectivity index (χ0v) is 24.9. The molecular weight excluding hydrogens is 560 g/mol. The Morgan fingerprint density at radius 3 is 2.04 bits per heavy atom. The largest absolute Gasteiger partial charge is 0.456 e. The van der Waals surface area contributed by atoms with E-state index in [1.54, 1.807) is 0 Å². The molecule has 7 aromatic carbocycles. The van der Waals surface area contributed by atoms with Crippen molar-refractivity contribution in [3.63, 3.8) is 0 Å². The van der Waals surface area contributed by atoms with Gasteiger partial charge in [-0.15, -0.1) is 0 Å². The number of hydrogen-bond donors (Lipinski definition) is 0. The molecule has 3 nitrogen and oxygen atoms in total. The highest BCUT2D eigenvalue weighted by molar-refractivity contribution is 6.09. The smallest absolute Gasteiger partial charge is 0.160 e. The van der Waals surface area contributed by atoms with Crippen molar-refractivity contribution in [2.75, 3.05) is 0 Å². The van der Waals surface area contributed by atoms with Crippen molar-refractivity contribution >= 4 is 21.7 Å². The third kappa shape index (κ3) is 3.72. The monoisotopic (exact) mass is 586 g/mol. The molecule has 0 saturated carbocycles. The molecule has 46 heavy (non-hydrogen) atoms. The van der Waals surface area contributed by atoms with E-state index in [-0.39, 0.29) is 0 Å². The Morgan fingerprint density at radius 1 is 0.457 bits per heavy atom. The van der Waals surface area contributed by atoms with Gasteiger partial charge < -0.3 is 4.74 Å². The average Bonchev–Trinajstić information content (AvgIpc) is 3.27. The zero-order valence-electron chi connectivity index (χ0n) is 24.9. The molecule has 3 heteroatoms. The van der Waals surface area contributed by atoms with Crippen molar-refractivity contribution in [2.24, 2.45) is 0 Å². The Kier molecular flexibility index (Phi) is 5.34. The first-order valence-electron chi connectivity index (χ1n) is 15.7. The van der Waals surface area contributed by atoms with Gasteiger partial charge in [-0.3, -0.25) is 0 Å². The Bertz CT molecular complexity index is 2530. The first-order chi connectivity index (χ1) is 22.8. The minimum Gasteiger partial charge on any atom is -0.456 e.